The number of para-hydroxylation sites is 1. The van der Waals surface area contributed by atoms with Gasteiger partial charge in [0.2, 0.25) is 0 Å². The van der Waals surface area contributed by atoms with Crippen LogP contribution in [-0.4, -0.2) is 77.1 Å². The minimum atomic E-state index is -0.529. The number of benzene rings is 1. The summed E-state index contributed by atoms with van der Waals surface area (Å²) in [5.41, 5.74) is 1.70. The lowest BCUT2D eigenvalue weighted by molar-refractivity contribution is -0.181. The van der Waals surface area contributed by atoms with E-state index >= 15 is 0 Å². The molecule has 0 bridgehead atoms. The second kappa shape index (κ2) is 7.97. The maximum absolute atomic E-state index is 13.1. The van der Waals surface area contributed by atoms with Crippen LogP contribution in [0.25, 0.3) is 0 Å². The number of ether oxygens (including phenoxy) is 3. The van der Waals surface area contributed by atoms with Crippen molar-refractivity contribution in [3.63, 3.8) is 0 Å². The molecule has 31 heavy (non-hydrogen) atoms. The normalized spacial score (nSPS) is 20.2. The summed E-state index contributed by atoms with van der Waals surface area (Å²) >= 11 is 0. The molecule has 2 fully saturated rings. The van der Waals surface area contributed by atoms with Crippen molar-refractivity contribution < 1.29 is 23.8 Å². The zero-order valence-electron chi connectivity index (χ0n) is 17.6. The Bertz CT molecular complexity index is 988. The molecule has 3 aliphatic heterocycles. The molecule has 0 N–H and O–H groups in total. The highest BCUT2D eigenvalue weighted by atomic mass is 16.7. The fourth-order valence-corrected chi connectivity index (χ4v) is 4.53. The third-order valence-electron chi connectivity index (χ3n) is 6.27. The van der Waals surface area contributed by atoms with Gasteiger partial charge in [0, 0.05) is 50.7 Å². The molecule has 2 saturated heterocycles. The van der Waals surface area contributed by atoms with Crippen LogP contribution in [0.1, 0.15) is 39.4 Å². The van der Waals surface area contributed by atoms with E-state index in [2.05, 4.69) is 5.10 Å². The highest BCUT2D eigenvalue weighted by molar-refractivity contribution is 5.98. The van der Waals surface area contributed by atoms with E-state index in [1.807, 2.05) is 24.3 Å². The summed E-state index contributed by atoms with van der Waals surface area (Å²) in [6, 6.07) is 9.29. The summed E-state index contributed by atoms with van der Waals surface area (Å²) in [4.78, 5) is 29.6. The zero-order chi connectivity index (χ0) is 21.4. The quantitative estimate of drug-likeness (QED) is 0.737. The second-order valence-corrected chi connectivity index (χ2v) is 8.08. The number of fused-ring (bicyclic) bond motifs is 1. The third kappa shape index (κ3) is 3.68. The Morgan fingerprint density at radius 3 is 2.61 bits per heavy atom. The molecular formula is C22H26N4O5. The standard InChI is InChI=1S/C22H26N4O5/c1-29-19-5-3-2-4-16(19)15-25-10-11-26-18(21(25)28)14-17(23-26)20(27)24-8-6-22(7-9-24)30-12-13-31-22/h2-5,14H,6-13,15H2,1H3. The average Bonchev–Trinajstić information content (AvgIpc) is 3.44. The molecule has 0 radical (unpaired) electrons. The number of aromatic nitrogens is 2. The molecule has 2 amide bonds. The van der Waals surface area contributed by atoms with Gasteiger partial charge in [-0.2, -0.15) is 5.10 Å². The molecule has 5 rings (SSSR count). The van der Waals surface area contributed by atoms with Gasteiger partial charge in [0.05, 0.1) is 26.9 Å². The van der Waals surface area contributed by atoms with E-state index in [1.165, 1.54) is 0 Å². The van der Waals surface area contributed by atoms with E-state index < -0.39 is 5.79 Å². The maximum Gasteiger partial charge on any atom is 0.274 e. The largest absolute Gasteiger partial charge is 0.496 e. The van der Waals surface area contributed by atoms with Gasteiger partial charge < -0.3 is 24.0 Å². The number of piperidine rings is 1. The summed E-state index contributed by atoms with van der Waals surface area (Å²) in [5, 5.41) is 4.43. The highest BCUT2D eigenvalue weighted by Gasteiger charge is 2.41. The Morgan fingerprint density at radius 2 is 1.87 bits per heavy atom. The summed E-state index contributed by atoms with van der Waals surface area (Å²) < 4.78 is 18.5. The predicted octanol–water partition coefficient (Wildman–Crippen LogP) is 1.53. The van der Waals surface area contributed by atoms with Crippen molar-refractivity contribution in [3.8, 4) is 5.75 Å². The molecule has 164 valence electrons. The van der Waals surface area contributed by atoms with Gasteiger partial charge in [-0.25, -0.2) is 0 Å². The number of likely N-dealkylation sites (tertiary alicyclic amines) is 1. The lowest BCUT2D eigenvalue weighted by atomic mass is 10.0. The molecule has 9 heteroatoms. The van der Waals surface area contributed by atoms with Crippen LogP contribution >= 0.6 is 0 Å². The van der Waals surface area contributed by atoms with Gasteiger partial charge in [-0.3, -0.25) is 14.3 Å². The van der Waals surface area contributed by atoms with E-state index in [0.717, 1.165) is 11.3 Å². The van der Waals surface area contributed by atoms with Crippen LogP contribution in [0.15, 0.2) is 30.3 Å². The summed E-state index contributed by atoms with van der Waals surface area (Å²) in [5.74, 6) is -0.0599. The number of amides is 2. The van der Waals surface area contributed by atoms with Crippen molar-refractivity contribution in [1.29, 1.82) is 0 Å². The summed E-state index contributed by atoms with van der Waals surface area (Å²) in [6.45, 7) is 3.84. The summed E-state index contributed by atoms with van der Waals surface area (Å²) in [6.07, 6.45) is 1.30. The van der Waals surface area contributed by atoms with Crippen LogP contribution in [0.2, 0.25) is 0 Å². The number of nitrogens with zero attached hydrogens (tertiary/aromatic N) is 4. The van der Waals surface area contributed by atoms with Gasteiger partial charge in [-0.05, 0) is 6.07 Å². The van der Waals surface area contributed by atoms with Crippen LogP contribution in [0.3, 0.4) is 0 Å². The zero-order valence-corrected chi connectivity index (χ0v) is 17.6. The molecule has 2 aromatic rings. The topological polar surface area (TPSA) is 86.1 Å². The Kier molecular flexibility index (Phi) is 5.15. The first-order chi connectivity index (χ1) is 15.1. The lowest BCUT2D eigenvalue weighted by Crippen LogP contribution is -2.47. The smallest absolute Gasteiger partial charge is 0.274 e. The molecule has 0 aliphatic carbocycles. The van der Waals surface area contributed by atoms with Crippen LogP contribution in [-0.2, 0) is 22.6 Å². The number of methoxy groups -OCH3 is 1. The van der Waals surface area contributed by atoms with E-state index in [4.69, 9.17) is 14.2 Å². The number of carbonyl (C=O) groups excluding carboxylic acids is 2. The third-order valence-corrected chi connectivity index (χ3v) is 6.27. The van der Waals surface area contributed by atoms with Crippen LogP contribution in [0.4, 0.5) is 0 Å². The van der Waals surface area contributed by atoms with Crippen LogP contribution in [0, 0.1) is 0 Å². The Morgan fingerprint density at radius 1 is 1.13 bits per heavy atom. The first-order valence-electron chi connectivity index (χ1n) is 10.6. The number of carbonyl (C=O) groups is 2. The SMILES string of the molecule is COc1ccccc1CN1CCn2nc(C(=O)N3CCC4(CC3)OCCO4)cc2C1=O. The monoisotopic (exact) mass is 426 g/mol. The minimum Gasteiger partial charge on any atom is -0.496 e. The molecule has 0 unspecified atom stereocenters. The number of rotatable bonds is 4. The fraction of sp³-hybridized carbons (Fsp3) is 0.500. The van der Waals surface area contributed by atoms with Crippen molar-refractivity contribution in [1.82, 2.24) is 19.6 Å². The molecule has 1 aromatic heterocycles. The first-order valence-corrected chi connectivity index (χ1v) is 10.6. The van der Waals surface area contributed by atoms with Crippen molar-refractivity contribution >= 4 is 11.8 Å². The van der Waals surface area contributed by atoms with Gasteiger partial charge in [0.1, 0.15) is 11.4 Å². The van der Waals surface area contributed by atoms with Crippen LogP contribution in [0.5, 0.6) is 5.75 Å². The van der Waals surface area contributed by atoms with Crippen molar-refractivity contribution in [2.45, 2.75) is 31.7 Å². The number of hydrogen-bond acceptors (Lipinski definition) is 6. The van der Waals surface area contributed by atoms with Crippen molar-refractivity contribution in [2.24, 2.45) is 0 Å². The van der Waals surface area contributed by atoms with Gasteiger partial charge in [-0.15, -0.1) is 0 Å². The van der Waals surface area contributed by atoms with E-state index in [0.29, 0.717) is 70.2 Å². The Labute approximate surface area is 180 Å². The summed E-state index contributed by atoms with van der Waals surface area (Å²) in [7, 11) is 1.62. The lowest BCUT2D eigenvalue weighted by Gasteiger charge is -2.37. The Balaban J connectivity index is 1.28. The molecule has 0 atom stereocenters. The molecule has 0 saturated carbocycles. The average molecular weight is 426 g/mol. The van der Waals surface area contributed by atoms with Crippen molar-refractivity contribution in [3.05, 3.63) is 47.3 Å². The van der Waals surface area contributed by atoms with Crippen LogP contribution < -0.4 is 4.74 Å². The molecule has 9 nitrogen and oxygen atoms in total. The first kappa shape index (κ1) is 20.0. The molecule has 1 spiro atoms. The van der Waals surface area contributed by atoms with E-state index in [-0.39, 0.29) is 11.8 Å². The number of hydrogen-bond donors (Lipinski definition) is 0. The molecular weight excluding hydrogens is 400 g/mol. The van der Waals surface area contributed by atoms with Gasteiger partial charge >= 0.3 is 0 Å². The maximum atomic E-state index is 13.1. The second-order valence-electron chi connectivity index (χ2n) is 8.08. The fourth-order valence-electron chi connectivity index (χ4n) is 4.53. The van der Waals surface area contributed by atoms with Gasteiger partial charge in [0.15, 0.2) is 11.5 Å². The van der Waals surface area contributed by atoms with E-state index in [1.54, 1.807) is 27.7 Å². The highest BCUT2D eigenvalue weighted by Crippen LogP contribution is 2.32. The molecule has 3 aliphatic rings. The minimum absolute atomic E-state index is 0.131. The van der Waals surface area contributed by atoms with Crippen molar-refractivity contribution in [2.75, 3.05) is 40.0 Å². The molecule has 1 aromatic carbocycles. The molecule has 4 heterocycles. The predicted molar refractivity (Wildman–Crippen MR) is 110 cm³/mol. The van der Waals surface area contributed by atoms with Gasteiger partial charge in [0.25, 0.3) is 11.8 Å². The van der Waals surface area contributed by atoms with Gasteiger partial charge in [-0.1, -0.05) is 18.2 Å². The Hall–Kier alpha value is -2.91. The van der Waals surface area contributed by atoms with E-state index in [9.17, 15) is 9.59 Å².